The molecule has 15 heavy (non-hydrogen) atoms. The van der Waals surface area contributed by atoms with E-state index in [0.717, 1.165) is 30.3 Å². The van der Waals surface area contributed by atoms with Crippen molar-refractivity contribution in [1.29, 1.82) is 0 Å². The summed E-state index contributed by atoms with van der Waals surface area (Å²) in [5.74, 6) is 2.70. The summed E-state index contributed by atoms with van der Waals surface area (Å²) in [5, 5.41) is 3.38. The van der Waals surface area contributed by atoms with Crippen LogP contribution >= 0.6 is 0 Å². The lowest BCUT2D eigenvalue weighted by atomic mass is 10.2. The van der Waals surface area contributed by atoms with Gasteiger partial charge in [-0.1, -0.05) is 6.92 Å². The Hall–Kier alpha value is -1.12. The lowest BCUT2D eigenvalue weighted by molar-refractivity contribution is 0.880. The zero-order valence-corrected chi connectivity index (χ0v) is 9.80. The summed E-state index contributed by atoms with van der Waals surface area (Å²) < 4.78 is 0. The number of aryl methyl sites for hydroxylation is 1. The van der Waals surface area contributed by atoms with Crippen molar-refractivity contribution >= 4 is 5.82 Å². The molecule has 82 valence electrons. The maximum Gasteiger partial charge on any atom is 0.134 e. The molecule has 1 N–H and O–H groups in total. The van der Waals surface area contributed by atoms with Gasteiger partial charge in [0, 0.05) is 23.7 Å². The van der Waals surface area contributed by atoms with Crippen LogP contribution in [-0.4, -0.2) is 16.5 Å². The normalized spacial score (nSPS) is 15.4. The van der Waals surface area contributed by atoms with E-state index in [1.54, 1.807) is 0 Å². The van der Waals surface area contributed by atoms with Gasteiger partial charge in [0.15, 0.2) is 0 Å². The van der Waals surface area contributed by atoms with Gasteiger partial charge in [-0.2, -0.15) is 0 Å². The molecule has 0 aliphatic heterocycles. The number of anilines is 1. The van der Waals surface area contributed by atoms with Crippen LogP contribution in [-0.2, 0) is 0 Å². The fourth-order valence-electron chi connectivity index (χ4n) is 1.59. The van der Waals surface area contributed by atoms with Crippen LogP contribution in [0.2, 0.25) is 0 Å². The highest BCUT2D eigenvalue weighted by Crippen LogP contribution is 2.38. The van der Waals surface area contributed by atoms with Crippen LogP contribution in [0.3, 0.4) is 0 Å². The standard InChI is InChI=1S/C12H19N3/c1-4-7-13-11-8(2)9(3)14-12(15-11)10-5-6-10/h10H,4-7H2,1-3H3,(H,13,14,15). The van der Waals surface area contributed by atoms with Gasteiger partial charge >= 0.3 is 0 Å². The van der Waals surface area contributed by atoms with Crippen molar-refractivity contribution in [1.82, 2.24) is 9.97 Å². The van der Waals surface area contributed by atoms with E-state index in [-0.39, 0.29) is 0 Å². The molecule has 0 amide bonds. The number of hydrogen-bond acceptors (Lipinski definition) is 3. The Morgan fingerprint density at radius 3 is 2.60 bits per heavy atom. The Balaban J connectivity index is 2.25. The van der Waals surface area contributed by atoms with E-state index >= 15 is 0 Å². The average Bonchev–Trinajstić information content (AvgIpc) is 3.03. The van der Waals surface area contributed by atoms with Crippen LogP contribution in [0.15, 0.2) is 0 Å². The van der Waals surface area contributed by atoms with Gasteiger partial charge < -0.3 is 5.32 Å². The van der Waals surface area contributed by atoms with Gasteiger partial charge in [-0.15, -0.1) is 0 Å². The predicted octanol–water partition coefficient (Wildman–Crippen LogP) is 2.79. The van der Waals surface area contributed by atoms with E-state index in [0.29, 0.717) is 5.92 Å². The smallest absolute Gasteiger partial charge is 0.134 e. The Labute approximate surface area is 91.3 Å². The van der Waals surface area contributed by atoms with Crippen LogP contribution < -0.4 is 5.32 Å². The van der Waals surface area contributed by atoms with Crippen molar-refractivity contribution in [3.8, 4) is 0 Å². The molecular weight excluding hydrogens is 186 g/mol. The van der Waals surface area contributed by atoms with E-state index in [9.17, 15) is 0 Å². The van der Waals surface area contributed by atoms with E-state index in [2.05, 4.69) is 36.1 Å². The molecule has 0 unspecified atom stereocenters. The Morgan fingerprint density at radius 2 is 2.00 bits per heavy atom. The molecule has 0 bridgehead atoms. The minimum Gasteiger partial charge on any atom is -0.370 e. The summed E-state index contributed by atoms with van der Waals surface area (Å²) in [5.41, 5.74) is 2.30. The first-order valence-electron chi connectivity index (χ1n) is 5.81. The Bertz CT molecular complexity index is 356. The van der Waals surface area contributed by atoms with Crippen LogP contribution in [0.25, 0.3) is 0 Å². The summed E-state index contributed by atoms with van der Waals surface area (Å²) in [7, 11) is 0. The monoisotopic (exact) mass is 205 g/mol. The lowest BCUT2D eigenvalue weighted by Gasteiger charge is -2.11. The zero-order valence-electron chi connectivity index (χ0n) is 9.80. The first-order chi connectivity index (χ1) is 7.22. The quantitative estimate of drug-likeness (QED) is 0.821. The molecule has 0 atom stereocenters. The van der Waals surface area contributed by atoms with Gasteiger partial charge in [0.1, 0.15) is 11.6 Å². The van der Waals surface area contributed by atoms with Gasteiger partial charge in [-0.05, 0) is 33.1 Å². The van der Waals surface area contributed by atoms with Gasteiger partial charge in [-0.3, -0.25) is 0 Å². The maximum atomic E-state index is 4.61. The van der Waals surface area contributed by atoms with Crippen LogP contribution in [0.1, 0.15) is 49.2 Å². The second-order valence-electron chi connectivity index (χ2n) is 4.34. The number of nitrogens with zero attached hydrogens (tertiary/aromatic N) is 2. The molecule has 3 nitrogen and oxygen atoms in total. The van der Waals surface area contributed by atoms with Crippen molar-refractivity contribution in [3.63, 3.8) is 0 Å². The largest absolute Gasteiger partial charge is 0.370 e. The predicted molar refractivity (Wildman–Crippen MR) is 62.3 cm³/mol. The zero-order chi connectivity index (χ0) is 10.8. The third kappa shape index (κ3) is 2.28. The van der Waals surface area contributed by atoms with Crippen molar-refractivity contribution in [2.45, 2.75) is 46.0 Å². The first kappa shape index (κ1) is 10.4. The lowest BCUT2D eigenvalue weighted by Crippen LogP contribution is -2.08. The molecule has 3 heteroatoms. The molecule has 0 saturated heterocycles. The van der Waals surface area contributed by atoms with Gasteiger partial charge in [0.25, 0.3) is 0 Å². The minimum atomic E-state index is 0.631. The molecule has 1 aromatic heterocycles. The van der Waals surface area contributed by atoms with E-state index in [1.807, 2.05) is 0 Å². The van der Waals surface area contributed by atoms with Crippen molar-refractivity contribution in [2.24, 2.45) is 0 Å². The summed E-state index contributed by atoms with van der Waals surface area (Å²) in [4.78, 5) is 9.16. The fraction of sp³-hybridized carbons (Fsp3) is 0.667. The molecule has 2 rings (SSSR count). The van der Waals surface area contributed by atoms with E-state index in [4.69, 9.17) is 0 Å². The highest BCUT2D eigenvalue weighted by molar-refractivity contribution is 5.45. The van der Waals surface area contributed by atoms with Crippen molar-refractivity contribution < 1.29 is 0 Å². The molecule has 1 aromatic rings. The topological polar surface area (TPSA) is 37.8 Å². The number of aromatic nitrogens is 2. The van der Waals surface area contributed by atoms with Crippen LogP contribution in [0, 0.1) is 13.8 Å². The van der Waals surface area contributed by atoms with E-state index in [1.165, 1.54) is 18.4 Å². The second kappa shape index (κ2) is 4.17. The van der Waals surface area contributed by atoms with Crippen LogP contribution in [0.5, 0.6) is 0 Å². The fourth-order valence-corrected chi connectivity index (χ4v) is 1.59. The average molecular weight is 205 g/mol. The molecular formula is C12H19N3. The summed E-state index contributed by atoms with van der Waals surface area (Å²) in [6.07, 6.45) is 3.65. The number of hydrogen-bond donors (Lipinski definition) is 1. The Kier molecular flexibility index (Phi) is 2.89. The third-order valence-electron chi connectivity index (χ3n) is 2.89. The third-order valence-corrected chi connectivity index (χ3v) is 2.89. The Morgan fingerprint density at radius 1 is 1.27 bits per heavy atom. The summed E-state index contributed by atoms with van der Waals surface area (Å²) >= 11 is 0. The number of nitrogens with one attached hydrogen (secondary N) is 1. The van der Waals surface area contributed by atoms with Crippen molar-refractivity contribution in [2.75, 3.05) is 11.9 Å². The molecule has 1 heterocycles. The van der Waals surface area contributed by atoms with Crippen LogP contribution in [0.4, 0.5) is 5.82 Å². The summed E-state index contributed by atoms with van der Waals surface area (Å²) in [6, 6.07) is 0. The van der Waals surface area contributed by atoms with Gasteiger partial charge in [0.05, 0.1) is 0 Å². The molecule has 1 saturated carbocycles. The van der Waals surface area contributed by atoms with Gasteiger partial charge in [-0.25, -0.2) is 9.97 Å². The second-order valence-corrected chi connectivity index (χ2v) is 4.34. The molecule has 1 fully saturated rings. The minimum absolute atomic E-state index is 0.631. The first-order valence-corrected chi connectivity index (χ1v) is 5.81. The van der Waals surface area contributed by atoms with E-state index < -0.39 is 0 Å². The molecule has 1 aliphatic rings. The van der Waals surface area contributed by atoms with Crippen molar-refractivity contribution in [3.05, 3.63) is 17.1 Å². The molecule has 0 spiro atoms. The highest BCUT2D eigenvalue weighted by Gasteiger charge is 2.27. The summed E-state index contributed by atoms with van der Waals surface area (Å²) in [6.45, 7) is 7.31. The molecule has 0 aromatic carbocycles. The highest BCUT2D eigenvalue weighted by atomic mass is 15.0. The maximum absolute atomic E-state index is 4.61. The molecule has 0 radical (unpaired) electrons. The van der Waals surface area contributed by atoms with Gasteiger partial charge in [0.2, 0.25) is 0 Å². The SMILES string of the molecule is CCCNc1nc(C2CC2)nc(C)c1C. The number of rotatable bonds is 4. The molecule has 1 aliphatic carbocycles.